The van der Waals surface area contributed by atoms with Crippen molar-refractivity contribution >= 4 is 18.0 Å². The van der Waals surface area contributed by atoms with Gasteiger partial charge in [-0.05, 0) is 6.92 Å². The monoisotopic (exact) mass is 278 g/mol. The van der Waals surface area contributed by atoms with Crippen LogP contribution in [0.15, 0.2) is 0 Å². The number of aliphatic hydroxyl groups is 2. The van der Waals surface area contributed by atoms with Crippen LogP contribution in [0.3, 0.4) is 0 Å². The largest absolute Gasteiger partial charge is 0.376 e. The van der Waals surface area contributed by atoms with Crippen molar-refractivity contribution in [2.75, 3.05) is 20.0 Å². The molecule has 0 bridgehead atoms. The highest BCUT2D eigenvalue weighted by atomic mass is 16.6. The first-order chi connectivity index (χ1) is 8.90. The van der Waals surface area contributed by atoms with Crippen molar-refractivity contribution < 1.29 is 35.0 Å². The molecule has 1 fully saturated rings. The number of hydroxylamine groups is 4. The maximum absolute atomic E-state index is 11.7. The van der Waals surface area contributed by atoms with Crippen molar-refractivity contribution in [3.05, 3.63) is 0 Å². The van der Waals surface area contributed by atoms with Crippen molar-refractivity contribution in [1.29, 1.82) is 0 Å². The van der Waals surface area contributed by atoms with Crippen molar-refractivity contribution in [3.63, 3.8) is 0 Å². The Labute approximate surface area is 107 Å². The van der Waals surface area contributed by atoms with Gasteiger partial charge in [0.05, 0.1) is 0 Å². The summed E-state index contributed by atoms with van der Waals surface area (Å²) in [5.41, 5.74) is 0. The molecule has 0 aliphatic carbocycles. The molecule has 0 aromatic carbocycles. The maximum Gasteiger partial charge on any atom is 0.369 e. The van der Waals surface area contributed by atoms with Crippen molar-refractivity contribution in [3.8, 4) is 0 Å². The van der Waals surface area contributed by atoms with Crippen LogP contribution in [0.1, 0.15) is 6.92 Å². The van der Waals surface area contributed by atoms with E-state index in [1.807, 2.05) is 0 Å². The van der Waals surface area contributed by atoms with E-state index in [9.17, 15) is 19.6 Å². The van der Waals surface area contributed by atoms with Gasteiger partial charge in [0.15, 0.2) is 0 Å². The molecule has 1 unspecified atom stereocenters. The van der Waals surface area contributed by atoms with E-state index in [2.05, 4.69) is 0 Å². The Balaban J connectivity index is 3.00. The van der Waals surface area contributed by atoms with E-state index in [-0.39, 0.29) is 16.7 Å². The topological polar surface area (TPSA) is 145 Å². The molecule has 1 saturated heterocycles. The lowest BCUT2D eigenvalue weighted by atomic mass is 10.4. The zero-order valence-corrected chi connectivity index (χ0v) is 10.0. The first kappa shape index (κ1) is 15.1. The molecule has 0 aromatic rings. The van der Waals surface area contributed by atoms with Crippen LogP contribution in [0, 0.1) is 0 Å². The fourth-order valence-electron chi connectivity index (χ4n) is 1.49. The summed E-state index contributed by atoms with van der Waals surface area (Å²) in [6, 6.07) is -2.43. The molecule has 0 saturated carbocycles. The SMILES string of the molecule is CCN(O)C(=O)N(O)C1C(=O)N(CO)C(=O)N1CO. The van der Waals surface area contributed by atoms with Crippen molar-refractivity contribution in [1.82, 2.24) is 19.9 Å². The fraction of sp³-hybridized carbons (Fsp3) is 0.625. The van der Waals surface area contributed by atoms with Gasteiger partial charge in [-0.25, -0.2) is 19.6 Å². The first-order valence-corrected chi connectivity index (χ1v) is 5.22. The van der Waals surface area contributed by atoms with Crippen LogP contribution in [0.25, 0.3) is 0 Å². The molecule has 1 aliphatic rings. The van der Waals surface area contributed by atoms with Gasteiger partial charge in [-0.2, -0.15) is 5.06 Å². The van der Waals surface area contributed by atoms with Crippen LogP contribution in [-0.4, -0.2) is 84.7 Å². The molecule has 5 amide bonds. The van der Waals surface area contributed by atoms with Gasteiger partial charge in [-0.15, -0.1) is 0 Å². The lowest BCUT2D eigenvalue weighted by Crippen LogP contribution is -2.53. The summed E-state index contributed by atoms with van der Waals surface area (Å²) >= 11 is 0. The van der Waals surface area contributed by atoms with E-state index in [1.54, 1.807) is 0 Å². The number of amides is 5. The van der Waals surface area contributed by atoms with Gasteiger partial charge in [0.2, 0.25) is 6.17 Å². The minimum absolute atomic E-state index is 0.106. The van der Waals surface area contributed by atoms with Gasteiger partial charge in [0.1, 0.15) is 13.5 Å². The minimum atomic E-state index is -1.85. The molecule has 19 heavy (non-hydrogen) atoms. The van der Waals surface area contributed by atoms with Crippen LogP contribution in [-0.2, 0) is 4.79 Å². The number of urea groups is 2. The van der Waals surface area contributed by atoms with E-state index < -0.39 is 37.6 Å². The fourth-order valence-corrected chi connectivity index (χ4v) is 1.49. The Morgan fingerprint density at radius 2 is 1.84 bits per heavy atom. The lowest BCUT2D eigenvalue weighted by Gasteiger charge is -2.27. The number of nitrogens with zero attached hydrogens (tertiary/aromatic N) is 4. The van der Waals surface area contributed by atoms with Crippen LogP contribution < -0.4 is 0 Å². The van der Waals surface area contributed by atoms with Crippen LogP contribution in [0.2, 0.25) is 0 Å². The van der Waals surface area contributed by atoms with Gasteiger partial charge >= 0.3 is 12.1 Å². The number of carbonyl (C=O) groups is 3. The number of carbonyl (C=O) groups excluding carboxylic acids is 3. The number of imide groups is 1. The third-order valence-electron chi connectivity index (χ3n) is 2.50. The van der Waals surface area contributed by atoms with Crippen LogP contribution in [0.5, 0.6) is 0 Å². The number of aliphatic hydroxyl groups excluding tert-OH is 2. The molecule has 0 spiro atoms. The second kappa shape index (κ2) is 5.79. The molecule has 4 N–H and O–H groups in total. The van der Waals surface area contributed by atoms with Crippen molar-refractivity contribution in [2.45, 2.75) is 13.1 Å². The summed E-state index contributed by atoms with van der Waals surface area (Å²) in [6.45, 7) is -0.707. The van der Waals surface area contributed by atoms with Gasteiger partial charge in [0.25, 0.3) is 5.91 Å². The second-order valence-electron chi connectivity index (χ2n) is 3.52. The number of rotatable bonds is 4. The lowest BCUT2D eigenvalue weighted by molar-refractivity contribution is -0.171. The molecule has 1 heterocycles. The zero-order chi connectivity index (χ0) is 14.7. The average molecular weight is 278 g/mol. The molecule has 108 valence electrons. The third kappa shape index (κ3) is 2.44. The van der Waals surface area contributed by atoms with Crippen LogP contribution >= 0.6 is 0 Å². The third-order valence-corrected chi connectivity index (χ3v) is 2.50. The molecule has 1 atom stereocenters. The minimum Gasteiger partial charge on any atom is -0.376 e. The van der Waals surface area contributed by atoms with Gasteiger partial charge in [0, 0.05) is 6.54 Å². The van der Waals surface area contributed by atoms with E-state index >= 15 is 0 Å². The Morgan fingerprint density at radius 1 is 1.26 bits per heavy atom. The molecule has 0 radical (unpaired) electrons. The van der Waals surface area contributed by atoms with Crippen LogP contribution in [0.4, 0.5) is 9.59 Å². The molecular formula is C8H14N4O7. The summed E-state index contributed by atoms with van der Waals surface area (Å²) in [5.74, 6) is -1.11. The van der Waals surface area contributed by atoms with E-state index in [0.29, 0.717) is 9.80 Å². The zero-order valence-electron chi connectivity index (χ0n) is 10.0. The highest BCUT2D eigenvalue weighted by molar-refractivity contribution is 6.04. The summed E-state index contributed by atoms with van der Waals surface area (Å²) in [5, 5.41) is 36.4. The average Bonchev–Trinajstić information content (AvgIpc) is 2.66. The normalized spacial score (nSPS) is 19.1. The second-order valence-corrected chi connectivity index (χ2v) is 3.52. The number of hydrogen-bond donors (Lipinski definition) is 4. The van der Waals surface area contributed by atoms with Gasteiger partial charge in [-0.3, -0.25) is 20.1 Å². The number of hydrogen-bond acceptors (Lipinski definition) is 7. The summed E-state index contributed by atoms with van der Waals surface area (Å²) in [6.07, 6.45) is -1.85. The molecule has 11 nitrogen and oxygen atoms in total. The van der Waals surface area contributed by atoms with E-state index in [1.165, 1.54) is 6.92 Å². The summed E-state index contributed by atoms with van der Waals surface area (Å²) in [4.78, 5) is 35.5. The quantitative estimate of drug-likeness (QED) is 0.264. The standard InChI is InChI=1S/C8H14N4O7/c1-2-11(18)8(17)12(19)5-6(15)10(4-14)7(16)9(5)3-13/h5,13-14,18-19H,2-4H2,1H3. The maximum atomic E-state index is 11.7. The Morgan fingerprint density at radius 3 is 2.26 bits per heavy atom. The predicted octanol–water partition coefficient (Wildman–Crippen LogP) is -2.00. The molecular weight excluding hydrogens is 264 g/mol. The van der Waals surface area contributed by atoms with E-state index in [0.717, 1.165) is 0 Å². The summed E-state index contributed by atoms with van der Waals surface area (Å²) < 4.78 is 0. The van der Waals surface area contributed by atoms with Crippen molar-refractivity contribution in [2.24, 2.45) is 0 Å². The highest BCUT2D eigenvalue weighted by Crippen LogP contribution is 2.19. The molecule has 1 aliphatic heterocycles. The van der Waals surface area contributed by atoms with E-state index in [4.69, 9.17) is 15.4 Å². The molecule has 0 aromatic heterocycles. The first-order valence-electron chi connectivity index (χ1n) is 5.22. The molecule has 11 heteroatoms. The highest BCUT2D eigenvalue weighted by Gasteiger charge is 2.49. The Kier molecular flexibility index (Phi) is 4.61. The summed E-state index contributed by atoms with van der Waals surface area (Å²) in [7, 11) is 0. The predicted molar refractivity (Wildman–Crippen MR) is 55.2 cm³/mol. The molecule has 1 rings (SSSR count). The van der Waals surface area contributed by atoms with Gasteiger partial charge < -0.3 is 10.2 Å². The Bertz CT molecular complexity index is 389. The smallest absolute Gasteiger partial charge is 0.369 e. The van der Waals surface area contributed by atoms with Gasteiger partial charge in [-0.1, -0.05) is 0 Å². The Hall–Kier alpha value is -1.95.